The van der Waals surface area contributed by atoms with Gasteiger partial charge in [-0.05, 0) is 18.2 Å². The Morgan fingerprint density at radius 1 is 1.46 bits per heavy atom. The molecule has 0 radical (unpaired) electrons. The van der Waals surface area contributed by atoms with Crippen molar-refractivity contribution in [2.45, 2.75) is 0 Å². The average molecular weight is 178 g/mol. The van der Waals surface area contributed by atoms with Gasteiger partial charge in [-0.15, -0.1) is 0 Å². The Bertz CT molecular complexity index is 338. The Balaban J connectivity index is 2.29. The van der Waals surface area contributed by atoms with E-state index in [4.69, 9.17) is 10.5 Å². The van der Waals surface area contributed by atoms with Crippen molar-refractivity contribution in [3.63, 3.8) is 0 Å². The second-order valence-corrected chi connectivity index (χ2v) is 2.86. The average Bonchev–Trinajstić information content (AvgIpc) is 2.51. The maximum absolute atomic E-state index is 11.1. The minimum atomic E-state index is -0.300. The van der Waals surface area contributed by atoms with Gasteiger partial charge in [0.2, 0.25) is 0 Å². The molecule has 0 aromatic heterocycles. The van der Waals surface area contributed by atoms with Crippen LogP contribution in [-0.2, 0) is 4.74 Å². The van der Waals surface area contributed by atoms with E-state index >= 15 is 0 Å². The third kappa shape index (κ3) is 1.42. The molecule has 0 aliphatic carbocycles. The molecular weight excluding hydrogens is 168 g/mol. The minimum absolute atomic E-state index is 0.300. The molecule has 0 spiro atoms. The zero-order valence-corrected chi connectivity index (χ0v) is 7.06. The number of benzene rings is 1. The molecule has 1 amide bonds. The summed E-state index contributed by atoms with van der Waals surface area (Å²) in [4.78, 5) is 12.7. The van der Waals surface area contributed by atoms with Crippen molar-refractivity contribution in [1.29, 1.82) is 0 Å². The molecule has 68 valence electrons. The lowest BCUT2D eigenvalue weighted by atomic mass is 10.2. The number of carbonyl (C=O) groups excluding carboxylic acids is 1. The lowest BCUT2D eigenvalue weighted by Crippen LogP contribution is -2.23. The number of ether oxygens (including phenoxy) is 1. The number of hydrogen-bond acceptors (Lipinski definition) is 3. The van der Waals surface area contributed by atoms with E-state index < -0.39 is 0 Å². The molecule has 0 unspecified atom stereocenters. The fraction of sp³-hybridized carbons (Fsp3) is 0.222. The first-order chi connectivity index (χ1) is 6.27. The second kappa shape index (κ2) is 2.97. The van der Waals surface area contributed by atoms with Crippen LogP contribution in [0.3, 0.4) is 0 Å². The number of rotatable bonds is 1. The van der Waals surface area contributed by atoms with Crippen LogP contribution >= 0.6 is 0 Å². The Morgan fingerprint density at radius 3 is 2.92 bits per heavy atom. The smallest absolute Gasteiger partial charge is 0.414 e. The SMILES string of the molecule is Nc1cccc(N2CCOC2=O)c1. The van der Waals surface area contributed by atoms with E-state index in [2.05, 4.69) is 0 Å². The number of cyclic esters (lactones) is 1. The molecular formula is C9H10N2O2. The summed E-state index contributed by atoms with van der Waals surface area (Å²) in [5.74, 6) is 0. The number of nitrogens with zero attached hydrogens (tertiary/aromatic N) is 1. The Hall–Kier alpha value is -1.71. The highest BCUT2D eigenvalue weighted by Crippen LogP contribution is 2.20. The summed E-state index contributed by atoms with van der Waals surface area (Å²) in [6.45, 7) is 1.05. The van der Waals surface area contributed by atoms with Crippen molar-refractivity contribution in [3.05, 3.63) is 24.3 Å². The van der Waals surface area contributed by atoms with Crippen LogP contribution in [0.4, 0.5) is 16.2 Å². The maximum Gasteiger partial charge on any atom is 0.414 e. The molecule has 2 rings (SSSR count). The van der Waals surface area contributed by atoms with Gasteiger partial charge in [0, 0.05) is 11.4 Å². The van der Waals surface area contributed by atoms with Gasteiger partial charge in [-0.3, -0.25) is 4.90 Å². The van der Waals surface area contributed by atoms with Crippen molar-refractivity contribution in [1.82, 2.24) is 0 Å². The number of amides is 1. The molecule has 1 aromatic carbocycles. The predicted molar refractivity (Wildman–Crippen MR) is 49.5 cm³/mol. The monoisotopic (exact) mass is 178 g/mol. The minimum Gasteiger partial charge on any atom is -0.447 e. The molecule has 0 atom stereocenters. The summed E-state index contributed by atoms with van der Waals surface area (Å²) in [5.41, 5.74) is 7.04. The van der Waals surface area contributed by atoms with Gasteiger partial charge < -0.3 is 10.5 Å². The van der Waals surface area contributed by atoms with Gasteiger partial charge in [-0.1, -0.05) is 6.07 Å². The van der Waals surface area contributed by atoms with Crippen LogP contribution in [0.25, 0.3) is 0 Å². The zero-order chi connectivity index (χ0) is 9.26. The summed E-state index contributed by atoms with van der Waals surface area (Å²) in [5, 5.41) is 0. The topological polar surface area (TPSA) is 55.6 Å². The second-order valence-electron chi connectivity index (χ2n) is 2.86. The summed E-state index contributed by atoms with van der Waals surface area (Å²) in [6.07, 6.45) is -0.300. The normalized spacial score (nSPS) is 16.0. The van der Waals surface area contributed by atoms with Crippen molar-refractivity contribution >= 4 is 17.5 Å². The van der Waals surface area contributed by atoms with Gasteiger partial charge in [0.15, 0.2) is 0 Å². The molecule has 13 heavy (non-hydrogen) atoms. The Kier molecular flexibility index (Phi) is 1.81. The van der Waals surface area contributed by atoms with E-state index in [1.165, 1.54) is 0 Å². The molecule has 0 bridgehead atoms. The molecule has 4 heteroatoms. The Labute approximate surface area is 75.9 Å². The van der Waals surface area contributed by atoms with Crippen molar-refractivity contribution in [2.24, 2.45) is 0 Å². The lowest BCUT2D eigenvalue weighted by molar-refractivity contribution is 0.181. The summed E-state index contributed by atoms with van der Waals surface area (Å²) >= 11 is 0. The lowest BCUT2D eigenvalue weighted by Gasteiger charge is -2.12. The van der Waals surface area contributed by atoms with Crippen LogP contribution in [0.15, 0.2) is 24.3 Å². The predicted octanol–water partition coefficient (Wildman–Crippen LogP) is 1.23. The first-order valence-electron chi connectivity index (χ1n) is 4.07. The first kappa shape index (κ1) is 7.91. The van der Waals surface area contributed by atoms with Gasteiger partial charge in [0.25, 0.3) is 0 Å². The van der Waals surface area contributed by atoms with E-state index in [0.717, 1.165) is 5.69 Å². The van der Waals surface area contributed by atoms with Crippen LogP contribution in [0, 0.1) is 0 Å². The number of carbonyl (C=O) groups is 1. The van der Waals surface area contributed by atoms with E-state index in [0.29, 0.717) is 18.8 Å². The van der Waals surface area contributed by atoms with Crippen LogP contribution in [0.2, 0.25) is 0 Å². The third-order valence-electron chi connectivity index (χ3n) is 1.94. The summed E-state index contributed by atoms with van der Waals surface area (Å²) in [6, 6.07) is 7.19. The highest BCUT2D eigenvalue weighted by molar-refractivity contribution is 5.89. The van der Waals surface area contributed by atoms with E-state index in [9.17, 15) is 4.79 Å². The maximum atomic E-state index is 11.1. The van der Waals surface area contributed by atoms with Gasteiger partial charge in [0.1, 0.15) is 6.61 Å². The molecule has 1 saturated heterocycles. The van der Waals surface area contributed by atoms with Gasteiger partial charge in [0.05, 0.1) is 6.54 Å². The van der Waals surface area contributed by atoms with Crippen molar-refractivity contribution < 1.29 is 9.53 Å². The number of hydrogen-bond donors (Lipinski definition) is 1. The van der Waals surface area contributed by atoms with Gasteiger partial charge in [-0.2, -0.15) is 0 Å². The standard InChI is InChI=1S/C9H10N2O2/c10-7-2-1-3-8(6-7)11-4-5-13-9(11)12/h1-3,6H,4-5,10H2. The Morgan fingerprint density at radius 2 is 2.31 bits per heavy atom. The van der Waals surface area contributed by atoms with E-state index in [-0.39, 0.29) is 6.09 Å². The molecule has 0 saturated carbocycles. The molecule has 2 N–H and O–H groups in total. The number of nitrogen functional groups attached to an aromatic ring is 1. The summed E-state index contributed by atoms with van der Waals surface area (Å²) in [7, 11) is 0. The van der Waals surface area contributed by atoms with Crippen LogP contribution in [0.5, 0.6) is 0 Å². The quantitative estimate of drug-likeness (QED) is 0.658. The zero-order valence-electron chi connectivity index (χ0n) is 7.06. The fourth-order valence-electron chi connectivity index (χ4n) is 1.32. The van der Waals surface area contributed by atoms with E-state index in [1.807, 2.05) is 12.1 Å². The molecule has 4 nitrogen and oxygen atoms in total. The molecule has 1 aliphatic heterocycles. The number of nitrogens with two attached hydrogens (primary N) is 1. The van der Waals surface area contributed by atoms with Crippen LogP contribution in [0.1, 0.15) is 0 Å². The third-order valence-corrected chi connectivity index (χ3v) is 1.94. The van der Waals surface area contributed by atoms with Crippen molar-refractivity contribution in [3.8, 4) is 0 Å². The van der Waals surface area contributed by atoms with Gasteiger partial charge in [-0.25, -0.2) is 4.79 Å². The van der Waals surface area contributed by atoms with Crippen molar-refractivity contribution in [2.75, 3.05) is 23.8 Å². The molecule has 1 heterocycles. The van der Waals surface area contributed by atoms with Crippen LogP contribution < -0.4 is 10.6 Å². The highest BCUT2D eigenvalue weighted by Gasteiger charge is 2.23. The largest absolute Gasteiger partial charge is 0.447 e. The van der Waals surface area contributed by atoms with E-state index in [1.54, 1.807) is 17.0 Å². The van der Waals surface area contributed by atoms with Gasteiger partial charge >= 0.3 is 6.09 Å². The molecule has 1 aromatic rings. The molecule has 1 aliphatic rings. The fourth-order valence-corrected chi connectivity index (χ4v) is 1.32. The number of anilines is 2. The molecule has 1 fully saturated rings. The van der Waals surface area contributed by atoms with Crippen LogP contribution in [-0.4, -0.2) is 19.2 Å². The highest BCUT2D eigenvalue weighted by atomic mass is 16.6. The first-order valence-corrected chi connectivity index (χ1v) is 4.07. The summed E-state index contributed by atoms with van der Waals surface area (Å²) < 4.78 is 4.81.